The number of piperazine rings is 1. The Balaban J connectivity index is 2.13. The third-order valence-electron chi connectivity index (χ3n) is 3.85. The van der Waals surface area contributed by atoms with Crippen LogP contribution in [0.4, 0.5) is 0 Å². The molecule has 0 spiro atoms. The SMILES string of the molecule is CC1CN(CC(C)S(C)=O)C(c2ccccc2)CN1. The highest BCUT2D eigenvalue weighted by Crippen LogP contribution is 2.24. The Labute approximate surface area is 118 Å². The Hall–Kier alpha value is -0.710. The van der Waals surface area contributed by atoms with E-state index in [0.717, 1.165) is 19.6 Å². The number of benzene rings is 1. The third kappa shape index (κ3) is 3.88. The molecule has 1 aliphatic rings. The number of nitrogens with zero attached hydrogens (tertiary/aromatic N) is 1. The van der Waals surface area contributed by atoms with E-state index < -0.39 is 10.8 Å². The first-order valence-corrected chi connectivity index (χ1v) is 8.54. The lowest BCUT2D eigenvalue weighted by Crippen LogP contribution is -2.52. The molecule has 0 radical (unpaired) electrons. The molecule has 1 aromatic rings. The van der Waals surface area contributed by atoms with Crippen LogP contribution in [-0.2, 0) is 10.8 Å². The second kappa shape index (κ2) is 6.64. The summed E-state index contributed by atoms with van der Waals surface area (Å²) in [5.74, 6) is 0. The molecule has 19 heavy (non-hydrogen) atoms. The third-order valence-corrected chi connectivity index (χ3v) is 5.13. The van der Waals surface area contributed by atoms with Gasteiger partial charge in [0, 0.05) is 54.0 Å². The minimum atomic E-state index is -0.757. The highest BCUT2D eigenvalue weighted by Gasteiger charge is 2.28. The monoisotopic (exact) mass is 280 g/mol. The second-order valence-corrected chi connectivity index (χ2v) is 7.30. The van der Waals surface area contributed by atoms with Crippen LogP contribution >= 0.6 is 0 Å². The maximum atomic E-state index is 11.6. The van der Waals surface area contributed by atoms with Crippen LogP contribution in [0.1, 0.15) is 25.5 Å². The molecule has 4 heteroatoms. The van der Waals surface area contributed by atoms with Crippen LogP contribution in [0, 0.1) is 0 Å². The average molecular weight is 280 g/mol. The molecule has 1 fully saturated rings. The van der Waals surface area contributed by atoms with Gasteiger partial charge in [-0.3, -0.25) is 9.11 Å². The van der Waals surface area contributed by atoms with Crippen LogP contribution in [0.25, 0.3) is 0 Å². The maximum Gasteiger partial charge on any atom is 0.0473 e. The largest absolute Gasteiger partial charge is 0.311 e. The Morgan fingerprint density at radius 1 is 1.42 bits per heavy atom. The van der Waals surface area contributed by atoms with Crippen molar-refractivity contribution in [2.45, 2.75) is 31.2 Å². The standard InChI is InChI=1S/C15H24N2OS/c1-12-10-17(11-13(2)19(3)18)15(9-16-12)14-7-5-4-6-8-14/h4-8,12-13,15-16H,9-11H2,1-3H3. The van der Waals surface area contributed by atoms with Gasteiger partial charge >= 0.3 is 0 Å². The van der Waals surface area contributed by atoms with Crippen LogP contribution < -0.4 is 5.32 Å². The van der Waals surface area contributed by atoms with E-state index in [1.807, 2.05) is 0 Å². The van der Waals surface area contributed by atoms with Crippen molar-refractivity contribution in [3.63, 3.8) is 0 Å². The Morgan fingerprint density at radius 3 is 2.74 bits per heavy atom. The van der Waals surface area contributed by atoms with Gasteiger partial charge in [-0.1, -0.05) is 30.3 Å². The lowest BCUT2D eigenvalue weighted by molar-refractivity contribution is 0.137. The molecule has 0 saturated carbocycles. The molecule has 0 aromatic heterocycles. The van der Waals surface area contributed by atoms with Gasteiger partial charge < -0.3 is 5.32 Å². The molecule has 1 heterocycles. The summed E-state index contributed by atoms with van der Waals surface area (Å²) < 4.78 is 11.6. The van der Waals surface area contributed by atoms with Crippen molar-refractivity contribution >= 4 is 10.8 Å². The van der Waals surface area contributed by atoms with Crippen LogP contribution in [0.3, 0.4) is 0 Å². The predicted octanol–water partition coefficient (Wildman–Crippen LogP) is 1.79. The van der Waals surface area contributed by atoms with E-state index in [1.165, 1.54) is 5.56 Å². The Kier molecular flexibility index (Phi) is 5.13. The maximum absolute atomic E-state index is 11.6. The molecule has 4 atom stereocenters. The lowest BCUT2D eigenvalue weighted by atomic mass is 10.0. The van der Waals surface area contributed by atoms with E-state index in [1.54, 1.807) is 6.26 Å². The molecule has 0 amide bonds. The highest BCUT2D eigenvalue weighted by atomic mass is 32.2. The van der Waals surface area contributed by atoms with Crippen molar-refractivity contribution in [2.24, 2.45) is 0 Å². The van der Waals surface area contributed by atoms with Crippen LogP contribution in [0.2, 0.25) is 0 Å². The van der Waals surface area contributed by atoms with E-state index in [4.69, 9.17) is 0 Å². The van der Waals surface area contributed by atoms with Gasteiger partial charge in [-0.05, 0) is 19.4 Å². The van der Waals surface area contributed by atoms with Gasteiger partial charge in [0.15, 0.2) is 0 Å². The molecule has 3 nitrogen and oxygen atoms in total. The zero-order valence-corrected chi connectivity index (χ0v) is 12.8. The van der Waals surface area contributed by atoms with Crippen LogP contribution in [0.15, 0.2) is 30.3 Å². The van der Waals surface area contributed by atoms with Crippen molar-refractivity contribution in [2.75, 3.05) is 25.9 Å². The van der Waals surface area contributed by atoms with Crippen molar-refractivity contribution in [3.05, 3.63) is 35.9 Å². The number of rotatable bonds is 4. The first kappa shape index (κ1) is 14.7. The summed E-state index contributed by atoms with van der Waals surface area (Å²) in [5.41, 5.74) is 1.34. The quantitative estimate of drug-likeness (QED) is 0.912. The van der Waals surface area contributed by atoms with E-state index >= 15 is 0 Å². The molecule has 4 unspecified atom stereocenters. The fourth-order valence-electron chi connectivity index (χ4n) is 2.63. The number of hydrogen-bond donors (Lipinski definition) is 1. The molecule has 2 rings (SSSR count). The molecular weight excluding hydrogens is 256 g/mol. The summed E-state index contributed by atoms with van der Waals surface area (Å²) in [7, 11) is -0.757. The van der Waals surface area contributed by atoms with Gasteiger partial charge in [-0.25, -0.2) is 0 Å². The Morgan fingerprint density at radius 2 is 2.11 bits per heavy atom. The van der Waals surface area contributed by atoms with Crippen molar-refractivity contribution < 1.29 is 4.21 Å². The van der Waals surface area contributed by atoms with Crippen molar-refractivity contribution in [1.29, 1.82) is 0 Å². The average Bonchev–Trinajstić information content (AvgIpc) is 2.39. The second-order valence-electron chi connectivity index (χ2n) is 5.50. The minimum absolute atomic E-state index is 0.219. The van der Waals surface area contributed by atoms with E-state index in [-0.39, 0.29) is 5.25 Å². The Bertz CT molecular complexity index is 423. The zero-order valence-electron chi connectivity index (χ0n) is 12.0. The predicted molar refractivity (Wildman–Crippen MR) is 81.7 cm³/mol. The van der Waals surface area contributed by atoms with E-state index in [2.05, 4.69) is 54.4 Å². The molecule has 106 valence electrons. The molecular formula is C15H24N2OS. The first-order chi connectivity index (χ1) is 9.08. The normalized spacial score (nSPS) is 27.9. The van der Waals surface area contributed by atoms with Gasteiger partial charge in [-0.2, -0.15) is 0 Å². The highest BCUT2D eigenvalue weighted by molar-refractivity contribution is 7.84. The van der Waals surface area contributed by atoms with E-state index in [0.29, 0.717) is 12.1 Å². The lowest BCUT2D eigenvalue weighted by Gasteiger charge is -2.40. The summed E-state index contributed by atoms with van der Waals surface area (Å²) in [6.07, 6.45) is 1.80. The van der Waals surface area contributed by atoms with Gasteiger partial charge in [0.1, 0.15) is 0 Å². The molecule has 1 aliphatic heterocycles. The fraction of sp³-hybridized carbons (Fsp3) is 0.600. The fourth-order valence-corrected chi connectivity index (χ4v) is 3.03. The molecule has 0 bridgehead atoms. The zero-order chi connectivity index (χ0) is 13.8. The summed E-state index contributed by atoms with van der Waals surface area (Å²) in [6.45, 7) is 7.16. The first-order valence-electron chi connectivity index (χ1n) is 6.92. The molecule has 1 saturated heterocycles. The molecule has 1 N–H and O–H groups in total. The summed E-state index contributed by atoms with van der Waals surface area (Å²) >= 11 is 0. The summed E-state index contributed by atoms with van der Waals surface area (Å²) in [6, 6.07) is 11.5. The van der Waals surface area contributed by atoms with E-state index in [9.17, 15) is 4.21 Å². The summed E-state index contributed by atoms with van der Waals surface area (Å²) in [5, 5.41) is 3.76. The smallest absolute Gasteiger partial charge is 0.0473 e. The van der Waals surface area contributed by atoms with Gasteiger partial charge in [-0.15, -0.1) is 0 Å². The van der Waals surface area contributed by atoms with Gasteiger partial charge in [0.2, 0.25) is 0 Å². The van der Waals surface area contributed by atoms with Crippen LogP contribution in [-0.4, -0.2) is 46.3 Å². The molecule has 1 aromatic carbocycles. The van der Waals surface area contributed by atoms with Gasteiger partial charge in [0.25, 0.3) is 0 Å². The van der Waals surface area contributed by atoms with Gasteiger partial charge in [0.05, 0.1) is 0 Å². The van der Waals surface area contributed by atoms with Crippen molar-refractivity contribution in [3.8, 4) is 0 Å². The minimum Gasteiger partial charge on any atom is -0.311 e. The number of nitrogens with one attached hydrogen (secondary N) is 1. The molecule has 0 aliphatic carbocycles. The van der Waals surface area contributed by atoms with Crippen LogP contribution in [0.5, 0.6) is 0 Å². The topological polar surface area (TPSA) is 32.3 Å². The summed E-state index contributed by atoms with van der Waals surface area (Å²) in [4.78, 5) is 2.47. The van der Waals surface area contributed by atoms with Crippen molar-refractivity contribution in [1.82, 2.24) is 10.2 Å². The number of hydrogen-bond acceptors (Lipinski definition) is 3.